The number of rotatable bonds is 6. The Morgan fingerprint density at radius 3 is 2.73 bits per heavy atom. The molecule has 1 amide bonds. The molecule has 30 heavy (non-hydrogen) atoms. The molecule has 0 unspecified atom stereocenters. The molecule has 10 heteroatoms. The van der Waals surface area contributed by atoms with Gasteiger partial charge in [0.15, 0.2) is 5.82 Å². The van der Waals surface area contributed by atoms with E-state index in [9.17, 15) is 9.59 Å². The number of carbonyl (C=O) groups excluding carboxylic acids is 1. The van der Waals surface area contributed by atoms with E-state index < -0.39 is 0 Å². The molecule has 4 aromatic rings. The quantitative estimate of drug-likeness (QED) is 0.510. The summed E-state index contributed by atoms with van der Waals surface area (Å²) in [4.78, 5) is 29.2. The lowest BCUT2D eigenvalue weighted by atomic mass is 10.1. The number of hydrogen-bond acceptors (Lipinski definition) is 6. The monoisotopic (exact) mass is 407 g/mol. The average molecular weight is 407 g/mol. The van der Waals surface area contributed by atoms with Crippen LogP contribution in [0.4, 0.5) is 0 Å². The fourth-order valence-corrected chi connectivity index (χ4v) is 3.29. The molecular weight excluding hydrogens is 386 g/mol. The first kappa shape index (κ1) is 19.4. The summed E-state index contributed by atoms with van der Waals surface area (Å²) in [5, 5.41) is 12.3. The Balaban J connectivity index is 1.45. The molecule has 10 nitrogen and oxygen atoms in total. The summed E-state index contributed by atoms with van der Waals surface area (Å²) < 4.78 is 9.70. The predicted molar refractivity (Wildman–Crippen MR) is 110 cm³/mol. The third kappa shape index (κ3) is 3.43. The van der Waals surface area contributed by atoms with Crippen molar-refractivity contribution in [2.75, 3.05) is 13.7 Å². The molecule has 154 valence electrons. The summed E-state index contributed by atoms with van der Waals surface area (Å²) in [6, 6.07) is 10.6. The van der Waals surface area contributed by atoms with E-state index in [1.54, 1.807) is 62.4 Å². The number of benzene rings is 1. The molecule has 0 aliphatic heterocycles. The van der Waals surface area contributed by atoms with Gasteiger partial charge < -0.3 is 10.1 Å². The van der Waals surface area contributed by atoms with Crippen molar-refractivity contribution >= 4 is 16.8 Å². The number of amides is 1. The minimum Gasteiger partial charge on any atom is -0.481 e. The summed E-state index contributed by atoms with van der Waals surface area (Å²) in [5.41, 5.74) is 1.49. The Bertz CT molecular complexity index is 1270. The van der Waals surface area contributed by atoms with Crippen LogP contribution in [0.2, 0.25) is 0 Å². The van der Waals surface area contributed by atoms with Crippen LogP contribution in [0.3, 0.4) is 0 Å². The normalized spacial score (nSPS) is 11.0. The molecule has 0 bridgehead atoms. The second kappa shape index (κ2) is 7.82. The molecule has 3 aromatic heterocycles. The standard InChI is InChI=1S/C20H21N7O3/c1-25-17(15-6-4-5-9-21-15)24-27(20(25)29)11-10-22-18(28)13-7-8-14-16(12-13)23-26(2)19(14)30-3/h4-9,12H,10-11H2,1-3H3,(H,22,28). The van der Waals surface area contributed by atoms with Gasteiger partial charge in [-0.2, -0.15) is 5.10 Å². The van der Waals surface area contributed by atoms with E-state index in [1.165, 1.54) is 9.25 Å². The highest BCUT2D eigenvalue weighted by molar-refractivity contribution is 5.98. The van der Waals surface area contributed by atoms with Gasteiger partial charge in [-0.1, -0.05) is 6.07 Å². The third-order valence-corrected chi connectivity index (χ3v) is 4.78. The first-order chi connectivity index (χ1) is 14.5. The van der Waals surface area contributed by atoms with E-state index in [0.29, 0.717) is 28.5 Å². The van der Waals surface area contributed by atoms with E-state index in [-0.39, 0.29) is 24.7 Å². The van der Waals surface area contributed by atoms with Gasteiger partial charge in [0.25, 0.3) is 5.91 Å². The van der Waals surface area contributed by atoms with Crippen LogP contribution in [-0.2, 0) is 20.6 Å². The number of methoxy groups -OCH3 is 1. The van der Waals surface area contributed by atoms with Crippen molar-refractivity contribution in [3.05, 3.63) is 58.6 Å². The van der Waals surface area contributed by atoms with Crippen molar-refractivity contribution in [2.45, 2.75) is 6.54 Å². The average Bonchev–Trinajstić information content (AvgIpc) is 3.23. The number of nitrogens with zero attached hydrogens (tertiary/aromatic N) is 6. The maximum absolute atomic E-state index is 12.5. The molecular formula is C20H21N7O3. The van der Waals surface area contributed by atoms with Gasteiger partial charge in [-0.05, 0) is 30.3 Å². The van der Waals surface area contributed by atoms with Crippen LogP contribution in [-0.4, -0.2) is 48.7 Å². The maximum atomic E-state index is 12.5. The SMILES string of the molecule is COc1c2ccc(C(=O)NCCn3nc(-c4ccccn4)n(C)c3=O)cc2nn1C. The van der Waals surface area contributed by atoms with E-state index in [4.69, 9.17) is 4.74 Å². The van der Waals surface area contributed by atoms with Crippen LogP contribution in [0.1, 0.15) is 10.4 Å². The number of carbonyl (C=O) groups is 1. The van der Waals surface area contributed by atoms with Gasteiger partial charge in [-0.3, -0.25) is 14.3 Å². The largest absolute Gasteiger partial charge is 0.481 e. The first-order valence-corrected chi connectivity index (χ1v) is 9.33. The van der Waals surface area contributed by atoms with E-state index in [2.05, 4.69) is 20.5 Å². The van der Waals surface area contributed by atoms with Crippen LogP contribution in [0.25, 0.3) is 22.4 Å². The Hall–Kier alpha value is -3.95. The Morgan fingerprint density at radius 1 is 1.17 bits per heavy atom. The number of hydrogen-bond donors (Lipinski definition) is 1. The van der Waals surface area contributed by atoms with Gasteiger partial charge in [0.05, 0.1) is 24.6 Å². The highest BCUT2D eigenvalue weighted by atomic mass is 16.5. The minimum atomic E-state index is -0.271. The van der Waals surface area contributed by atoms with Crippen molar-refractivity contribution < 1.29 is 9.53 Å². The molecule has 1 N–H and O–H groups in total. The van der Waals surface area contributed by atoms with Gasteiger partial charge in [0.1, 0.15) is 5.69 Å². The minimum absolute atomic E-state index is 0.241. The lowest BCUT2D eigenvalue weighted by Crippen LogP contribution is -2.31. The van der Waals surface area contributed by atoms with E-state index in [0.717, 1.165) is 5.39 Å². The van der Waals surface area contributed by atoms with Crippen molar-refractivity contribution in [1.29, 1.82) is 0 Å². The summed E-state index contributed by atoms with van der Waals surface area (Å²) >= 11 is 0. The van der Waals surface area contributed by atoms with Gasteiger partial charge in [0.2, 0.25) is 5.88 Å². The van der Waals surface area contributed by atoms with Crippen LogP contribution in [0, 0.1) is 0 Å². The van der Waals surface area contributed by atoms with Crippen LogP contribution < -0.4 is 15.7 Å². The number of fused-ring (bicyclic) bond motifs is 1. The van der Waals surface area contributed by atoms with Gasteiger partial charge in [0, 0.05) is 32.4 Å². The fourth-order valence-electron chi connectivity index (χ4n) is 3.29. The lowest BCUT2D eigenvalue weighted by Gasteiger charge is -2.05. The second-order valence-electron chi connectivity index (χ2n) is 6.72. The molecule has 1 aromatic carbocycles. The van der Waals surface area contributed by atoms with E-state index >= 15 is 0 Å². The molecule has 4 rings (SSSR count). The molecule has 0 radical (unpaired) electrons. The molecule has 0 fully saturated rings. The summed E-state index contributed by atoms with van der Waals surface area (Å²) in [6.45, 7) is 0.492. The Morgan fingerprint density at radius 2 is 2.00 bits per heavy atom. The number of nitrogens with one attached hydrogen (secondary N) is 1. The smallest absolute Gasteiger partial charge is 0.346 e. The molecule has 0 saturated carbocycles. The first-order valence-electron chi connectivity index (χ1n) is 9.33. The summed E-state index contributed by atoms with van der Waals surface area (Å²) in [5.74, 6) is 0.854. The van der Waals surface area contributed by atoms with Gasteiger partial charge in [-0.25, -0.2) is 14.2 Å². The van der Waals surface area contributed by atoms with Gasteiger partial charge >= 0.3 is 5.69 Å². The molecule has 0 saturated heterocycles. The van der Waals surface area contributed by atoms with E-state index in [1.807, 2.05) is 6.07 Å². The van der Waals surface area contributed by atoms with Crippen molar-refractivity contribution in [1.82, 2.24) is 34.4 Å². The number of ether oxygens (including phenoxy) is 1. The van der Waals surface area contributed by atoms with Crippen LogP contribution in [0.5, 0.6) is 5.88 Å². The van der Waals surface area contributed by atoms with Crippen molar-refractivity contribution in [3.8, 4) is 17.4 Å². The fraction of sp³-hybridized carbons (Fsp3) is 0.250. The molecule has 0 spiro atoms. The zero-order valence-electron chi connectivity index (χ0n) is 16.9. The van der Waals surface area contributed by atoms with Crippen molar-refractivity contribution in [2.24, 2.45) is 14.1 Å². The Labute approximate surface area is 171 Å². The van der Waals surface area contributed by atoms with Crippen LogP contribution >= 0.6 is 0 Å². The topological polar surface area (TPSA) is 109 Å². The highest BCUT2D eigenvalue weighted by Crippen LogP contribution is 2.25. The van der Waals surface area contributed by atoms with Crippen molar-refractivity contribution in [3.63, 3.8) is 0 Å². The number of aryl methyl sites for hydroxylation is 1. The molecule has 3 heterocycles. The predicted octanol–water partition coefficient (Wildman–Crippen LogP) is 0.969. The summed E-state index contributed by atoms with van der Waals surface area (Å²) in [7, 11) is 5.00. The lowest BCUT2D eigenvalue weighted by molar-refractivity contribution is 0.0952. The number of aromatic nitrogens is 6. The maximum Gasteiger partial charge on any atom is 0.346 e. The molecule has 0 aliphatic rings. The number of pyridine rings is 1. The zero-order valence-corrected chi connectivity index (χ0v) is 16.9. The second-order valence-corrected chi connectivity index (χ2v) is 6.72. The summed E-state index contributed by atoms with van der Waals surface area (Å²) in [6.07, 6.45) is 1.65. The zero-order chi connectivity index (χ0) is 21.3. The highest BCUT2D eigenvalue weighted by Gasteiger charge is 2.15. The van der Waals surface area contributed by atoms with Gasteiger partial charge in [-0.15, -0.1) is 5.10 Å². The molecule has 0 aliphatic carbocycles. The van der Waals surface area contributed by atoms with Crippen LogP contribution in [0.15, 0.2) is 47.4 Å². The third-order valence-electron chi connectivity index (χ3n) is 4.78. The molecule has 0 atom stereocenters. The Kier molecular flexibility index (Phi) is 5.05.